The van der Waals surface area contributed by atoms with E-state index in [4.69, 9.17) is 9.15 Å². The fraction of sp³-hybridized carbons (Fsp3) is 0.375. The first-order valence-corrected chi connectivity index (χ1v) is 10.3. The highest BCUT2D eigenvalue weighted by atomic mass is 16.5. The van der Waals surface area contributed by atoms with E-state index in [0.29, 0.717) is 17.8 Å². The Morgan fingerprint density at radius 3 is 2.61 bits per heavy atom. The van der Waals surface area contributed by atoms with Crippen molar-refractivity contribution in [2.45, 2.75) is 53.2 Å². The number of aromatic hydroxyl groups is 1. The standard InChI is InChI=1S/C24H24N2O5/c1-12-7-8-17-15(4)22(31-21(17)13(12)2)20(27)19-14(3)18(10-25)23(28)26(24(19)29)11-16-6-5-9-30-16/h7-8,16,29H,5-6,9,11H2,1-4H3. The van der Waals surface area contributed by atoms with E-state index in [0.717, 1.165) is 33.9 Å². The van der Waals surface area contributed by atoms with Gasteiger partial charge in [0, 0.05) is 17.6 Å². The van der Waals surface area contributed by atoms with Crippen LogP contribution in [0.4, 0.5) is 0 Å². The van der Waals surface area contributed by atoms with Gasteiger partial charge >= 0.3 is 0 Å². The van der Waals surface area contributed by atoms with Crippen LogP contribution in [0, 0.1) is 39.0 Å². The molecular formula is C24H24N2O5. The summed E-state index contributed by atoms with van der Waals surface area (Å²) >= 11 is 0. The van der Waals surface area contributed by atoms with Crippen molar-refractivity contribution in [3.05, 3.63) is 61.6 Å². The molecular weight excluding hydrogens is 396 g/mol. The Labute approximate surface area is 179 Å². The normalized spacial score (nSPS) is 16.0. The van der Waals surface area contributed by atoms with Crippen molar-refractivity contribution in [1.29, 1.82) is 5.26 Å². The molecule has 1 aliphatic heterocycles. The first-order chi connectivity index (χ1) is 14.8. The molecule has 3 heterocycles. The Balaban J connectivity index is 1.91. The number of ether oxygens (including phenoxy) is 1. The van der Waals surface area contributed by atoms with Gasteiger partial charge in [-0.3, -0.25) is 14.2 Å². The number of pyridine rings is 1. The summed E-state index contributed by atoms with van der Waals surface area (Å²) in [6, 6.07) is 5.76. The van der Waals surface area contributed by atoms with Crippen molar-refractivity contribution in [2.24, 2.45) is 0 Å². The van der Waals surface area contributed by atoms with E-state index in [2.05, 4.69) is 0 Å². The van der Waals surface area contributed by atoms with Crippen molar-refractivity contribution >= 4 is 16.8 Å². The van der Waals surface area contributed by atoms with Gasteiger partial charge in [-0.15, -0.1) is 0 Å². The third-order valence-corrected chi connectivity index (χ3v) is 6.27. The van der Waals surface area contributed by atoms with Crippen molar-refractivity contribution in [3.63, 3.8) is 0 Å². The maximum atomic E-state index is 13.5. The topological polar surface area (TPSA) is 105 Å². The SMILES string of the molecule is Cc1ccc2c(C)c(C(=O)c3c(C)c(C#N)c(=O)n(CC4CCCO4)c3O)oc2c1C. The van der Waals surface area contributed by atoms with Gasteiger partial charge in [0.15, 0.2) is 5.76 Å². The number of hydrogen-bond acceptors (Lipinski definition) is 6. The largest absolute Gasteiger partial charge is 0.494 e. The van der Waals surface area contributed by atoms with Gasteiger partial charge in [0.1, 0.15) is 17.2 Å². The van der Waals surface area contributed by atoms with Crippen LogP contribution in [0.5, 0.6) is 5.88 Å². The van der Waals surface area contributed by atoms with E-state index < -0.39 is 17.2 Å². The molecule has 1 N–H and O–H groups in total. The van der Waals surface area contributed by atoms with Crippen molar-refractivity contribution in [2.75, 3.05) is 6.61 Å². The molecule has 160 valence electrons. The second-order valence-electron chi connectivity index (χ2n) is 8.13. The minimum absolute atomic E-state index is 0.0807. The van der Waals surface area contributed by atoms with Crippen LogP contribution >= 0.6 is 0 Å². The van der Waals surface area contributed by atoms with Crippen LogP contribution in [-0.4, -0.2) is 28.2 Å². The van der Waals surface area contributed by atoms with E-state index in [-0.39, 0.29) is 35.1 Å². The summed E-state index contributed by atoms with van der Waals surface area (Å²) in [5.74, 6) is -0.929. The van der Waals surface area contributed by atoms with E-state index in [1.807, 2.05) is 32.0 Å². The lowest BCUT2D eigenvalue weighted by atomic mass is 9.98. The lowest BCUT2D eigenvalue weighted by molar-refractivity contribution is 0.0926. The van der Waals surface area contributed by atoms with E-state index >= 15 is 0 Å². The minimum atomic E-state index is -0.627. The lowest BCUT2D eigenvalue weighted by Crippen LogP contribution is -2.30. The van der Waals surface area contributed by atoms with Crippen LogP contribution in [0.1, 0.15) is 56.8 Å². The zero-order valence-electron chi connectivity index (χ0n) is 18.0. The summed E-state index contributed by atoms with van der Waals surface area (Å²) in [4.78, 5) is 26.4. The quantitative estimate of drug-likeness (QED) is 0.644. The molecule has 1 aromatic carbocycles. The highest BCUT2D eigenvalue weighted by Crippen LogP contribution is 2.33. The summed E-state index contributed by atoms with van der Waals surface area (Å²) in [5, 5.41) is 21.4. The molecule has 31 heavy (non-hydrogen) atoms. The van der Waals surface area contributed by atoms with Crippen LogP contribution < -0.4 is 5.56 Å². The molecule has 3 aromatic rings. The van der Waals surface area contributed by atoms with Crippen molar-refractivity contribution in [3.8, 4) is 11.9 Å². The molecule has 7 nitrogen and oxygen atoms in total. The first-order valence-electron chi connectivity index (χ1n) is 10.3. The van der Waals surface area contributed by atoms with E-state index in [1.54, 1.807) is 6.92 Å². The van der Waals surface area contributed by atoms with Crippen LogP contribution in [0.25, 0.3) is 11.0 Å². The maximum absolute atomic E-state index is 13.5. The number of hydrogen-bond donors (Lipinski definition) is 1. The highest BCUT2D eigenvalue weighted by Gasteiger charge is 2.30. The number of nitrogens with zero attached hydrogens (tertiary/aromatic N) is 2. The number of aromatic nitrogens is 1. The average Bonchev–Trinajstić information content (AvgIpc) is 3.36. The van der Waals surface area contributed by atoms with Crippen LogP contribution in [0.15, 0.2) is 21.3 Å². The number of fused-ring (bicyclic) bond motifs is 1. The fourth-order valence-electron chi connectivity index (χ4n) is 4.23. The van der Waals surface area contributed by atoms with E-state index in [1.165, 1.54) is 6.92 Å². The highest BCUT2D eigenvalue weighted by molar-refractivity contribution is 6.13. The van der Waals surface area contributed by atoms with Gasteiger partial charge in [0.2, 0.25) is 11.7 Å². The zero-order valence-corrected chi connectivity index (χ0v) is 18.0. The molecule has 1 aliphatic rings. The van der Waals surface area contributed by atoms with Crippen molar-refractivity contribution in [1.82, 2.24) is 4.57 Å². The molecule has 1 fully saturated rings. The van der Waals surface area contributed by atoms with Gasteiger partial charge in [-0.2, -0.15) is 5.26 Å². The smallest absolute Gasteiger partial charge is 0.271 e. The Bertz CT molecular complexity index is 1320. The van der Waals surface area contributed by atoms with Gasteiger partial charge in [-0.1, -0.05) is 12.1 Å². The summed E-state index contributed by atoms with van der Waals surface area (Å²) in [6.45, 7) is 7.83. The van der Waals surface area contributed by atoms with Gasteiger partial charge in [0.05, 0.1) is 18.2 Å². The molecule has 1 unspecified atom stereocenters. The Kier molecular flexibility index (Phi) is 5.19. The molecule has 0 amide bonds. The molecule has 0 spiro atoms. The zero-order chi connectivity index (χ0) is 22.4. The van der Waals surface area contributed by atoms with Gasteiger partial charge < -0.3 is 14.3 Å². The monoisotopic (exact) mass is 420 g/mol. The Hall–Kier alpha value is -3.37. The van der Waals surface area contributed by atoms with Crippen molar-refractivity contribution < 1.29 is 19.1 Å². The lowest BCUT2D eigenvalue weighted by Gasteiger charge is -2.17. The fourth-order valence-corrected chi connectivity index (χ4v) is 4.23. The van der Waals surface area contributed by atoms with Gasteiger partial charge in [0.25, 0.3) is 5.56 Å². The summed E-state index contributed by atoms with van der Waals surface area (Å²) in [7, 11) is 0. The van der Waals surface area contributed by atoms with E-state index in [9.17, 15) is 20.0 Å². The number of aryl methyl sites for hydroxylation is 3. The summed E-state index contributed by atoms with van der Waals surface area (Å²) in [5.41, 5.74) is 2.50. The van der Waals surface area contributed by atoms with Gasteiger partial charge in [-0.05, 0) is 57.2 Å². The molecule has 1 saturated heterocycles. The molecule has 0 saturated carbocycles. The second-order valence-corrected chi connectivity index (χ2v) is 8.13. The minimum Gasteiger partial charge on any atom is -0.494 e. The third-order valence-electron chi connectivity index (χ3n) is 6.27. The summed E-state index contributed by atoms with van der Waals surface area (Å²) < 4.78 is 12.6. The molecule has 0 radical (unpaired) electrons. The molecule has 0 bridgehead atoms. The van der Waals surface area contributed by atoms with Crippen LogP contribution in [0.2, 0.25) is 0 Å². The van der Waals surface area contributed by atoms with Gasteiger partial charge in [-0.25, -0.2) is 0 Å². The molecule has 7 heteroatoms. The second kappa shape index (κ2) is 7.71. The molecule has 2 aromatic heterocycles. The Morgan fingerprint density at radius 2 is 1.97 bits per heavy atom. The number of nitriles is 1. The number of carbonyl (C=O) groups is 1. The predicted octanol–water partition coefficient (Wildman–Crippen LogP) is 3.82. The Morgan fingerprint density at radius 1 is 1.23 bits per heavy atom. The number of ketones is 1. The summed E-state index contributed by atoms with van der Waals surface area (Å²) in [6.07, 6.45) is 1.35. The number of rotatable bonds is 4. The third kappa shape index (κ3) is 3.24. The predicted molar refractivity (Wildman–Crippen MR) is 115 cm³/mol. The number of furan rings is 1. The number of carbonyl (C=O) groups excluding carboxylic acids is 1. The van der Waals surface area contributed by atoms with Crippen LogP contribution in [0.3, 0.4) is 0 Å². The molecule has 4 rings (SSSR count). The molecule has 1 atom stereocenters. The maximum Gasteiger partial charge on any atom is 0.271 e. The molecule has 0 aliphatic carbocycles. The first kappa shape index (κ1) is 20.9. The van der Waals surface area contributed by atoms with Crippen LogP contribution in [-0.2, 0) is 11.3 Å². The number of benzene rings is 1. The average molecular weight is 420 g/mol.